The number of rotatable bonds is 2. The van der Waals surface area contributed by atoms with Crippen molar-refractivity contribution in [2.45, 2.75) is 31.7 Å². The fourth-order valence-corrected chi connectivity index (χ4v) is 4.57. The first-order valence-corrected chi connectivity index (χ1v) is 10.5. The molecule has 0 spiro atoms. The summed E-state index contributed by atoms with van der Waals surface area (Å²) in [4.78, 5) is 27.8. The summed E-state index contributed by atoms with van der Waals surface area (Å²) in [5.41, 5.74) is 3.03. The van der Waals surface area contributed by atoms with E-state index in [1.807, 2.05) is 4.90 Å². The van der Waals surface area contributed by atoms with E-state index in [1.165, 1.54) is 0 Å². The summed E-state index contributed by atoms with van der Waals surface area (Å²) in [5.74, 6) is 0.303. The van der Waals surface area contributed by atoms with E-state index < -0.39 is 0 Å². The van der Waals surface area contributed by atoms with Gasteiger partial charge >= 0.3 is 0 Å². The lowest BCUT2D eigenvalue weighted by atomic mass is 9.97. The maximum absolute atomic E-state index is 13.2. The van der Waals surface area contributed by atoms with E-state index in [0.29, 0.717) is 34.7 Å². The van der Waals surface area contributed by atoms with Crippen molar-refractivity contribution >= 4 is 40.3 Å². The second-order valence-electron chi connectivity index (χ2n) is 7.42. The Kier molecular flexibility index (Phi) is 4.63. The zero-order valence-corrected chi connectivity index (χ0v) is 16.6. The second kappa shape index (κ2) is 7.44. The number of nitrogens with zero attached hydrogens (tertiary/aromatic N) is 3. The highest BCUT2D eigenvalue weighted by atomic mass is 32.1. The van der Waals surface area contributed by atoms with E-state index in [-0.39, 0.29) is 17.9 Å². The van der Waals surface area contributed by atoms with Gasteiger partial charge in [0.2, 0.25) is 0 Å². The Balaban J connectivity index is 1.41. The minimum atomic E-state index is -0.255. The van der Waals surface area contributed by atoms with Gasteiger partial charge in [-0.05, 0) is 55.7 Å². The highest BCUT2D eigenvalue weighted by molar-refractivity contribution is 7.00. The molecule has 1 fully saturated rings. The molecule has 1 unspecified atom stereocenters. The highest BCUT2D eigenvalue weighted by Crippen LogP contribution is 2.31. The summed E-state index contributed by atoms with van der Waals surface area (Å²) in [5, 5.41) is 2.88. The number of piperidine rings is 1. The molecule has 148 valence electrons. The Morgan fingerprint density at radius 2 is 2.00 bits per heavy atom. The van der Waals surface area contributed by atoms with E-state index in [4.69, 9.17) is 4.74 Å². The molecule has 0 saturated carbocycles. The van der Waals surface area contributed by atoms with Crippen LogP contribution in [0.3, 0.4) is 0 Å². The Labute approximate surface area is 172 Å². The summed E-state index contributed by atoms with van der Waals surface area (Å²) in [7, 11) is 0. The summed E-state index contributed by atoms with van der Waals surface area (Å²) >= 11 is 1.12. The molecule has 3 heterocycles. The number of fused-ring (bicyclic) bond motifs is 3. The molecule has 8 heteroatoms. The van der Waals surface area contributed by atoms with Gasteiger partial charge in [0.1, 0.15) is 16.8 Å². The zero-order chi connectivity index (χ0) is 19.8. The van der Waals surface area contributed by atoms with Gasteiger partial charge in [0.15, 0.2) is 0 Å². The Hall–Kier alpha value is -3.00. The van der Waals surface area contributed by atoms with E-state index in [2.05, 4.69) is 14.1 Å². The lowest BCUT2D eigenvalue weighted by Crippen LogP contribution is -2.45. The number of nitrogens with one attached hydrogen (secondary N) is 1. The van der Waals surface area contributed by atoms with Crippen molar-refractivity contribution in [1.29, 1.82) is 0 Å². The number of ether oxygens (including phenoxy) is 1. The quantitative estimate of drug-likeness (QED) is 0.699. The van der Waals surface area contributed by atoms with Crippen LogP contribution in [-0.4, -0.2) is 44.7 Å². The van der Waals surface area contributed by atoms with Gasteiger partial charge in [0.05, 0.1) is 23.9 Å². The molecule has 1 atom stereocenters. The van der Waals surface area contributed by atoms with Crippen LogP contribution in [0.1, 0.15) is 46.4 Å². The van der Waals surface area contributed by atoms with E-state index in [0.717, 1.165) is 49.5 Å². The van der Waals surface area contributed by atoms with Gasteiger partial charge in [-0.3, -0.25) is 9.59 Å². The second-order valence-corrected chi connectivity index (χ2v) is 7.95. The molecule has 0 bridgehead atoms. The van der Waals surface area contributed by atoms with Crippen LogP contribution in [0.5, 0.6) is 5.75 Å². The number of hydrogen-bond acceptors (Lipinski definition) is 6. The van der Waals surface area contributed by atoms with E-state index >= 15 is 0 Å². The predicted molar refractivity (Wildman–Crippen MR) is 111 cm³/mol. The maximum atomic E-state index is 13.2. The molecule has 5 rings (SSSR count). The number of anilines is 1. The first-order chi connectivity index (χ1) is 14.2. The monoisotopic (exact) mass is 408 g/mol. The van der Waals surface area contributed by atoms with Gasteiger partial charge in [-0.15, -0.1) is 0 Å². The molecule has 0 radical (unpaired) electrons. The van der Waals surface area contributed by atoms with Crippen LogP contribution < -0.4 is 10.1 Å². The van der Waals surface area contributed by atoms with Crippen LogP contribution in [-0.2, 0) is 0 Å². The van der Waals surface area contributed by atoms with Crippen LogP contribution in [0.4, 0.5) is 5.69 Å². The highest BCUT2D eigenvalue weighted by Gasteiger charge is 2.31. The van der Waals surface area contributed by atoms with Crippen molar-refractivity contribution in [3.05, 3.63) is 47.5 Å². The third kappa shape index (κ3) is 3.44. The van der Waals surface area contributed by atoms with Crippen molar-refractivity contribution in [3.8, 4) is 5.75 Å². The molecule has 0 aliphatic carbocycles. The van der Waals surface area contributed by atoms with Gasteiger partial charge in [0.25, 0.3) is 11.8 Å². The average Bonchev–Trinajstić information content (AvgIpc) is 3.21. The predicted octanol–water partition coefficient (Wildman–Crippen LogP) is 3.72. The van der Waals surface area contributed by atoms with Crippen LogP contribution >= 0.6 is 11.7 Å². The Morgan fingerprint density at radius 1 is 1.10 bits per heavy atom. The first kappa shape index (κ1) is 18.1. The lowest BCUT2D eigenvalue weighted by Gasteiger charge is -2.37. The SMILES string of the molecule is O=C(Nc1ccc2c(c1)C(=O)N1CCCCC1CCO2)c1ccc2nsnc2c1. The van der Waals surface area contributed by atoms with Gasteiger partial charge in [-0.1, -0.05) is 0 Å². The fourth-order valence-electron chi connectivity index (χ4n) is 4.06. The van der Waals surface area contributed by atoms with Crippen LogP contribution in [0.25, 0.3) is 11.0 Å². The van der Waals surface area contributed by atoms with E-state index in [1.54, 1.807) is 36.4 Å². The molecule has 7 nitrogen and oxygen atoms in total. The number of carbonyl (C=O) groups is 2. The van der Waals surface area contributed by atoms with Crippen molar-refractivity contribution in [2.75, 3.05) is 18.5 Å². The Bertz CT molecular complexity index is 1100. The van der Waals surface area contributed by atoms with Gasteiger partial charge in [-0.2, -0.15) is 8.75 Å². The molecule has 3 aromatic rings. The van der Waals surface area contributed by atoms with Crippen molar-refractivity contribution in [1.82, 2.24) is 13.6 Å². The number of amides is 2. The first-order valence-electron chi connectivity index (χ1n) is 9.80. The van der Waals surface area contributed by atoms with Crippen molar-refractivity contribution in [2.24, 2.45) is 0 Å². The molecule has 2 aromatic carbocycles. The minimum absolute atomic E-state index is 0.0181. The number of hydrogen-bond donors (Lipinski definition) is 1. The number of aromatic nitrogens is 2. The normalized spacial score (nSPS) is 19.0. The molecule has 2 aliphatic rings. The molecule has 2 amide bonds. The van der Waals surface area contributed by atoms with Crippen molar-refractivity contribution < 1.29 is 14.3 Å². The smallest absolute Gasteiger partial charge is 0.257 e. The van der Waals surface area contributed by atoms with Gasteiger partial charge in [0, 0.05) is 30.3 Å². The Morgan fingerprint density at radius 3 is 2.93 bits per heavy atom. The van der Waals surface area contributed by atoms with Crippen LogP contribution in [0.15, 0.2) is 36.4 Å². The molecule has 29 heavy (non-hydrogen) atoms. The van der Waals surface area contributed by atoms with E-state index in [9.17, 15) is 9.59 Å². The topological polar surface area (TPSA) is 84.4 Å². The number of carbonyl (C=O) groups excluding carboxylic acids is 2. The fraction of sp³-hybridized carbons (Fsp3) is 0.333. The largest absolute Gasteiger partial charge is 0.493 e. The van der Waals surface area contributed by atoms with Crippen molar-refractivity contribution in [3.63, 3.8) is 0 Å². The van der Waals surface area contributed by atoms with Crippen LogP contribution in [0.2, 0.25) is 0 Å². The molecule has 2 aliphatic heterocycles. The zero-order valence-electron chi connectivity index (χ0n) is 15.8. The van der Waals surface area contributed by atoms with Crippen LogP contribution in [0, 0.1) is 0 Å². The molecule has 1 saturated heterocycles. The standard InChI is InChI=1S/C21H20N4O3S/c26-20(13-4-6-17-18(11-13)24-29-23-17)22-14-5-7-19-16(12-14)21(27)25-9-2-1-3-15(25)8-10-28-19/h4-7,11-12,15H,1-3,8-10H2,(H,22,26). The van der Waals surface area contributed by atoms with Gasteiger partial charge < -0.3 is 15.0 Å². The lowest BCUT2D eigenvalue weighted by molar-refractivity contribution is 0.0548. The number of benzene rings is 2. The molecule has 1 aromatic heterocycles. The summed E-state index contributed by atoms with van der Waals surface area (Å²) < 4.78 is 14.2. The maximum Gasteiger partial charge on any atom is 0.257 e. The third-order valence-corrected chi connectivity index (χ3v) is 6.14. The molecule has 1 N–H and O–H groups in total. The molecular formula is C21H20N4O3S. The van der Waals surface area contributed by atoms with Gasteiger partial charge in [-0.25, -0.2) is 0 Å². The summed E-state index contributed by atoms with van der Waals surface area (Å²) in [6, 6.07) is 10.7. The summed E-state index contributed by atoms with van der Waals surface area (Å²) in [6.07, 6.45) is 4.06. The minimum Gasteiger partial charge on any atom is -0.493 e. The molecular weight excluding hydrogens is 388 g/mol. The third-order valence-electron chi connectivity index (χ3n) is 5.58. The average molecular weight is 408 g/mol. The summed E-state index contributed by atoms with van der Waals surface area (Å²) in [6.45, 7) is 1.37.